The number of amides is 1. The van der Waals surface area contributed by atoms with Crippen molar-refractivity contribution in [2.24, 2.45) is 0 Å². The van der Waals surface area contributed by atoms with Gasteiger partial charge in [0.15, 0.2) is 0 Å². The van der Waals surface area contributed by atoms with Crippen molar-refractivity contribution in [3.8, 4) is 0 Å². The number of carbonyl (C=O) groups excluding carboxylic acids is 1. The van der Waals surface area contributed by atoms with E-state index >= 15 is 0 Å². The van der Waals surface area contributed by atoms with Crippen LogP contribution in [0.3, 0.4) is 0 Å². The Balaban J connectivity index is 1.76. The summed E-state index contributed by atoms with van der Waals surface area (Å²) in [5, 5.41) is 3.46. The van der Waals surface area contributed by atoms with Crippen molar-refractivity contribution in [1.29, 1.82) is 0 Å². The van der Waals surface area contributed by atoms with Gasteiger partial charge in [-0.25, -0.2) is 4.98 Å². The number of hydrogen-bond acceptors (Lipinski definition) is 3. The Hall–Kier alpha value is -2.09. The highest BCUT2D eigenvalue weighted by Gasteiger charge is 2.34. The van der Waals surface area contributed by atoms with Crippen molar-refractivity contribution in [2.75, 3.05) is 6.54 Å². The van der Waals surface area contributed by atoms with Crippen LogP contribution in [0, 0.1) is 20.8 Å². The largest absolute Gasteiger partial charge is 0.344 e. The molecule has 2 N–H and O–H groups in total. The zero-order chi connectivity index (χ0) is 22.1. The van der Waals surface area contributed by atoms with E-state index in [9.17, 15) is 13.6 Å². The van der Waals surface area contributed by atoms with E-state index < -0.39 is 18.4 Å². The first-order chi connectivity index (χ1) is 14.1. The number of halogens is 4. The van der Waals surface area contributed by atoms with Gasteiger partial charge in [-0.15, -0.1) is 0 Å². The van der Waals surface area contributed by atoms with E-state index in [1.807, 2.05) is 6.92 Å². The number of nitrogens with zero attached hydrogens (tertiary/aromatic N) is 1. The van der Waals surface area contributed by atoms with Crippen LogP contribution in [0.1, 0.15) is 33.0 Å². The zero-order valence-electron chi connectivity index (χ0n) is 16.4. The second-order valence-electron chi connectivity index (χ2n) is 6.89. The average Bonchev–Trinajstić information content (AvgIpc) is 3.03. The Kier molecular flexibility index (Phi) is 6.75. The van der Waals surface area contributed by atoms with Crippen LogP contribution in [0.15, 0.2) is 46.3 Å². The normalized spacial score (nSPS) is 11.6. The molecule has 2 aromatic carbocycles. The van der Waals surface area contributed by atoms with Crippen molar-refractivity contribution in [2.45, 2.75) is 36.6 Å². The number of imidazole rings is 1. The molecule has 0 aliphatic carbocycles. The molecule has 0 unspecified atom stereocenters. The summed E-state index contributed by atoms with van der Waals surface area (Å²) < 4.78 is 29.4. The molecule has 0 aliphatic heterocycles. The van der Waals surface area contributed by atoms with Gasteiger partial charge in [0.1, 0.15) is 16.5 Å². The van der Waals surface area contributed by atoms with Crippen molar-refractivity contribution in [3.63, 3.8) is 0 Å². The van der Waals surface area contributed by atoms with Crippen molar-refractivity contribution in [1.82, 2.24) is 15.3 Å². The van der Waals surface area contributed by atoms with Gasteiger partial charge in [0.25, 0.3) is 11.8 Å². The lowest BCUT2D eigenvalue weighted by molar-refractivity contribution is -0.00314. The third kappa shape index (κ3) is 5.14. The Bertz CT molecular complexity index is 1100. The van der Waals surface area contributed by atoms with Crippen LogP contribution in [-0.4, -0.2) is 22.4 Å². The van der Waals surface area contributed by atoms with Crippen LogP contribution in [-0.2, 0) is 5.92 Å². The first-order valence-electron chi connectivity index (χ1n) is 9.00. The van der Waals surface area contributed by atoms with Gasteiger partial charge in [0.05, 0.1) is 16.6 Å². The molecule has 1 aromatic heterocycles. The molecule has 0 atom stereocenters. The molecule has 9 heteroatoms. The minimum atomic E-state index is -3.21. The Morgan fingerprint density at radius 1 is 1.13 bits per heavy atom. The number of benzene rings is 2. The summed E-state index contributed by atoms with van der Waals surface area (Å²) in [6, 6.07) is 9.73. The average molecular weight is 470 g/mol. The topological polar surface area (TPSA) is 57.8 Å². The Morgan fingerprint density at radius 3 is 2.53 bits per heavy atom. The molecule has 0 saturated heterocycles. The second-order valence-corrected chi connectivity index (χ2v) is 8.76. The summed E-state index contributed by atoms with van der Waals surface area (Å²) in [6.07, 6.45) is 0. The summed E-state index contributed by atoms with van der Waals surface area (Å²) >= 11 is 13.1. The summed E-state index contributed by atoms with van der Waals surface area (Å²) in [5.74, 6) is -3.38. The number of nitrogens with one attached hydrogen (secondary N) is 2. The molecule has 1 amide bonds. The van der Waals surface area contributed by atoms with Crippen molar-refractivity contribution >= 4 is 40.9 Å². The number of rotatable bonds is 6. The van der Waals surface area contributed by atoms with E-state index in [0.29, 0.717) is 31.4 Å². The molecule has 4 nitrogen and oxygen atoms in total. The lowest BCUT2D eigenvalue weighted by atomic mass is 10.0. The molecule has 0 bridgehead atoms. The van der Waals surface area contributed by atoms with E-state index in [0.717, 1.165) is 5.56 Å². The molecule has 0 saturated carbocycles. The maximum absolute atomic E-state index is 14.7. The van der Waals surface area contributed by atoms with Crippen LogP contribution in [0.2, 0.25) is 10.0 Å². The SMILES string of the molecule is Cc1ccc(C(F)(F)CNC(=O)c2[nH]c(C)nc2Sc2ccc(Cl)c(Cl)c2)c(C)c1. The zero-order valence-corrected chi connectivity index (χ0v) is 18.8. The van der Waals surface area contributed by atoms with Gasteiger partial charge in [-0.2, -0.15) is 8.78 Å². The fourth-order valence-electron chi connectivity index (χ4n) is 2.95. The molecular weight excluding hydrogens is 451 g/mol. The Labute approximate surface area is 187 Å². The van der Waals surface area contributed by atoms with E-state index in [4.69, 9.17) is 23.2 Å². The highest BCUT2D eigenvalue weighted by Crippen LogP contribution is 2.34. The quantitative estimate of drug-likeness (QED) is 0.444. The minimum absolute atomic E-state index is 0.111. The molecule has 0 spiro atoms. The number of aryl methyl sites for hydroxylation is 3. The fraction of sp³-hybridized carbons (Fsp3) is 0.238. The summed E-state index contributed by atoms with van der Waals surface area (Å²) in [7, 11) is 0. The van der Waals surface area contributed by atoms with Gasteiger partial charge < -0.3 is 10.3 Å². The van der Waals surface area contributed by atoms with Crippen LogP contribution in [0.5, 0.6) is 0 Å². The fourth-order valence-corrected chi connectivity index (χ4v) is 4.28. The minimum Gasteiger partial charge on any atom is -0.344 e. The van der Waals surface area contributed by atoms with E-state index in [-0.39, 0.29) is 11.3 Å². The Morgan fingerprint density at radius 2 is 1.87 bits per heavy atom. The van der Waals surface area contributed by atoms with Crippen LogP contribution in [0.25, 0.3) is 0 Å². The predicted octanol–water partition coefficient (Wildman–Crippen LogP) is 6.31. The molecule has 0 fully saturated rings. The highest BCUT2D eigenvalue weighted by molar-refractivity contribution is 7.99. The third-order valence-corrected chi connectivity index (χ3v) is 6.09. The maximum atomic E-state index is 14.7. The van der Waals surface area contributed by atoms with Gasteiger partial charge in [-0.1, -0.05) is 58.7 Å². The number of hydrogen-bond donors (Lipinski definition) is 2. The van der Waals surface area contributed by atoms with E-state index in [1.165, 1.54) is 17.8 Å². The molecule has 30 heavy (non-hydrogen) atoms. The van der Waals surface area contributed by atoms with Crippen molar-refractivity contribution < 1.29 is 13.6 Å². The number of aromatic nitrogens is 2. The molecule has 0 radical (unpaired) electrons. The predicted molar refractivity (Wildman–Crippen MR) is 116 cm³/mol. The molecule has 1 heterocycles. The molecule has 158 valence electrons. The summed E-state index contributed by atoms with van der Waals surface area (Å²) in [5.41, 5.74) is 1.37. The standard InChI is InChI=1S/C21H19Cl2F2N3OS/c1-11-4-6-15(12(2)8-11)21(24,25)10-26-19(29)18-20(28-13(3)27-18)30-14-5-7-16(22)17(23)9-14/h4-9H,10H2,1-3H3,(H,26,29)(H,27,28). The van der Waals surface area contributed by atoms with Crippen molar-refractivity contribution in [3.05, 3.63) is 74.7 Å². The van der Waals surface area contributed by atoms with Gasteiger partial charge >= 0.3 is 0 Å². The van der Waals surface area contributed by atoms with Gasteiger partial charge in [0.2, 0.25) is 0 Å². The molecule has 3 rings (SSSR count). The van der Waals surface area contributed by atoms with Gasteiger partial charge in [-0.3, -0.25) is 4.79 Å². The lowest BCUT2D eigenvalue weighted by Gasteiger charge is -2.19. The number of carbonyl (C=O) groups is 1. The van der Waals surface area contributed by atoms with E-state index in [1.54, 1.807) is 44.2 Å². The number of aromatic amines is 1. The first kappa shape index (κ1) is 22.6. The lowest BCUT2D eigenvalue weighted by Crippen LogP contribution is -2.35. The van der Waals surface area contributed by atoms with Crippen LogP contribution >= 0.6 is 35.0 Å². The number of H-pyrrole nitrogens is 1. The van der Waals surface area contributed by atoms with Crippen LogP contribution in [0.4, 0.5) is 8.78 Å². The maximum Gasteiger partial charge on any atom is 0.290 e. The molecular formula is C21H19Cl2F2N3OS. The van der Waals surface area contributed by atoms with Gasteiger partial charge in [-0.05, 0) is 44.5 Å². The van der Waals surface area contributed by atoms with Crippen LogP contribution < -0.4 is 5.32 Å². The van der Waals surface area contributed by atoms with Gasteiger partial charge in [0, 0.05) is 10.5 Å². The number of alkyl halides is 2. The third-order valence-electron chi connectivity index (χ3n) is 4.37. The summed E-state index contributed by atoms with van der Waals surface area (Å²) in [6.45, 7) is 4.32. The van der Waals surface area contributed by atoms with E-state index in [2.05, 4.69) is 15.3 Å². The second kappa shape index (κ2) is 8.96. The summed E-state index contributed by atoms with van der Waals surface area (Å²) in [4.78, 5) is 20.5. The highest BCUT2D eigenvalue weighted by atomic mass is 35.5. The smallest absolute Gasteiger partial charge is 0.290 e. The first-order valence-corrected chi connectivity index (χ1v) is 10.6. The monoisotopic (exact) mass is 469 g/mol. The molecule has 0 aliphatic rings. The molecule has 3 aromatic rings.